The monoisotopic (exact) mass is 489 g/mol. The molecule has 0 aromatic rings. The molecule has 0 aliphatic carbocycles. The quantitative estimate of drug-likeness (QED) is 0.168. The highest BCUT2D eigenvalue weighted by Crippen LogP contribution is 2.11. The fourth-order valence-corrected chi connectivity index (χ4v) is 3.40. The largest absolute Gasteiger partial charge is 0.480 e. The van der Waals surface area contributed by atoms with Crippen molar-refractivity contribution in [2.24, 2.45) is 23.3 Å². The van der Waals surface area contributed by atoms with Crippen LogP contribution >= 0.6 is 11.8 Å². The average molecular weight is 490 g/mol. The van der Waals surface area contributed by atoms with Gasteiger partial charge in [-0.25, -0.2) is 4.79 Å². The molecule has 0 radical (unpaired) electrons. The second-order valence-electron chi connectivity index (χ2n) is 8.39. The maximum atomic E-state index is 13.1. The van der Waals surface area contributed by atoms with Gasteiger partial charge in [-0.05, 0) is 36.7 Å². The highest BCUT2D eigenvalue weighted by atomic mass is 32.2. The Morgan fingerprint density at radius 1 is 0.909 bits per heavy atom. The van der Waals surface area contributed by atoms with E-state index in [1.54, 1.807) is 20.8 Å². The summed E-state index contributed by atoms with van der Waals surface area (Å²) in [6.45, 7) is 6.97. The zero-order chi connectivity index (χ0) is 25.7. The number of carboxylic acids is 1. The highest BCUT2D eigenvalue weighted by Gasteiger charge is 2.32. The van der Waals surface area contributed by atoms with E-state index in [0.717, 1.165) is 0 Å². The molecule has 0 aromatic carbocycles. The summed E-state index contributed by atoms with van der Waals surface area (Å²) in [5.41, 5.74) is 10.9. The number of carboxylic acid groups (broad SMARTS) is 1. The number of primary amides is 1. The van der Waals surface area contributed by atoms with Gasteiger partial charge in [0.25, 0.3) is 0 Å². The van der Waals surface area contributed by atoms with Crippen LogP contribution in [-0.4, -0.2) is 70.9 Å². The van der Waals surface area contributed by atoms with Gasteiger partial charge in [-0.2, -0.15) is 11.8 Å². The van der Waals surface area contributed by atoms with Crippen molar-refractivity contribution < 1.29 is 29.1 Å². The van der Waals surface area contributed by atoms with Gasteiger partial charge in [-0.1, -0.05) is 34.1 Å². The molecule has 0 rings (SSSR count). The Balaban J connectivity index is 5.47. The molecular formula is C21H39N5O6S. The molecule has 0 bridgehead atoms. The van der Waals surface area contributed by atoms with Crippen LogP contribution in [0, 0.1) is 11.8 Å². The third kappa shape index (κ3) is 11.4. The fourth-order valence-electron chi connectivity index (χ4n) is 2.92. The van der Waals surface area contributed by atoms with Crippen LogP contribution in [0.15, 0.2) is 0 Å². The van der Waals surface area contributed by atoms with Crippen LogP contribution in [0.2, 0.25) is 0 Å². The molecule has 5 unspecified atom stereocenters. The van der Waals surface area contributed by atoms with E-state index in [0.29, 0.717) is 12.2 Å². The highest BCUT2D eigenvalue weighted by molar-refractivity contribution is 7.98. The number of hydrogen-bond donors (Lipinski definition) is 6. The summed E-state index contributed by atoms with van der Waals surface area (Å²) in [5, 5.41) is 17.1. The molecule has 0 heterocycles. The normalized spacial score (nSPS) is 15.6. The minimum atomic E-state index is -1.16. The minimum absolute atomic E-state index is 0.0422. The van der Waals surface area contributed by atoms with E-state index < -0.39 is 53.8 Å². The van der Waals surface area contributed by atoms with Crippen LogP contribution in [0.3, 0.4) is 0 Å². The molecule has 0 aliphatic rings. The molecule has 0 spiro atoms. The Morgan fingerprint density at radius 2 is 1.48 bits per heavy atom. The van der Waals surface area contributed by atoms with Gasteiger partial charge in [-0.3, -0.25) is 19.2 Å². The zero-order valence-electron chi connectivity index (χ0n) is 20.1. The Bertz CT molecular complexity index is 690. The van der Waals surface area contributed by atoms with E-state index in [-0.39, 0.29) is 31.1 Å². The lowest BCUT2D eigenvalue weighted by Crippen LogP contribution is -2.59. The third-order valence-corrected chi connectivity index (χ3v) is 5.95. The van der Waals surface area contributed by atoms with Crippen LogP contribution in [-0.2, 0) is 24.0 Å². The van der Waals surface area contributed by atoms with Gasteiger partial charge in [0.15, 0.2) is 0 Å². The predicted octanol–water partition coefficient (Wildman–Crippen LogP) is -0.427. The number of hydrogen-bond acceptors (Lipinski definition) is 7. The molecule has 12 heteroatoms. The second kappa shape index (κ2) is 15.5. The third-order valence-electron chi connectivity index (χ3n) is 5.31. The fraction of sp³-hybridized carbons (Fsp3) is 0.762. The van der Waals surface area contributed by atoms with Crippen molar-refractivity contribution in [2.45, 2.75) is 77.5 Å². The van der Waals surface area contributed by atoms with Gasteiger partial charge in [0, 0.05) is 6.42 Å². The van der Waals surface area contributed by atoms with E-state index in [1.807, 2.05) is 13.2 Å². The number of nitrogens with one attached hydrogen (secondary N) is 3. The average Bonchev–Trinajstić information content (AvgIpc) is 2.74. The Labute approximate surface area is 199 Å². The van der Waals surface area contributed by atoms with Crippen LogP contribution in [0.25, 0.3) is 0 Å². The Morgan fingerprint density at radius 3 is 1.94 bits per heavy atom. The summed E-state index contributed by atoms with van der Waals surface area (Å²) in [4.78, 5) is 60.7. The zero-order valence-corrected chi connectivity index (χ0v) is 20.9. The summed E-state index contributed by atoms with van der Waals surface area (Å²) in [5.74, 6) is -3.60. The van der Waals surface area contributed by atoms with E-state index in [4.69, 9.17) is 11.5 Å². The number of nitrogens with two attached hydrogens (primary N) is 2. The summed E-state index contributed by atoms with van der Waals surface area (Å²) in [7, 11) is 0. The van der Waals surface area contributed by atoms with Crippen molar-refractivity contribution in [1.29, 1.82) is 0 Å². The van der Waals surface area contributed by atoms with Crippen molar-refractivity contribution in [3.63, 3.8) is 0 Å². The van der Waals surface area contributed by atoms with Gasteiger partial charge in [0.1, 0.15) is 18.1 Å². The second-order valence-corrected chi connectivity index (χ2v) is 9.38. The first kappa shape index (κ1) is 30.7. The van der Waals surface area contributed by atoms with E-state index in [1.165, 1.54) is 11.8 Å². The van der Waals surface area contributed by atoms with Crippen molar-refractivity contribution in [1.82, 2.24) is 16.0 Å². The molecule has 11 nitrogen and oxygen atoms in total. The standard InChI is InChI=1S/C21H39N5O6S/c1-6-12(4)17(26-18(28)13(22)7-8-15(23)27)20(30)24-14(9-10-33-5)19(29)25-16(11(2)3)21(31)32/h11-14,16-17H,6-10,22H2,1-5H3,(H2,23,27)(H,24,30)(H,25,29)(H,26,28)(H,31,32). The molecule has 0 fully saturated rings. The first-order valence-electron chi connectivity index (χ1n) is 11.0. The molecule has 0 saturated heterocycles. The van der Waals surface area contributed by atoms with Gasteiger partial charge in [0.05, 0.1) is 6.04 Å². The van der Waals surface area contributed by atoms with Crippen molar-refractivity contribution in [2.75, 3.05) is 12.0 Å². The lowest BCUT2D eigenvalue weighted by molar-refractivity contribution is -0.143. The molecule has 0 aromatic heterocycles. The minimum Gasteiger partial charge on any atom is -0.480 e. The van der Waals surface area contributed by atoms with Crippen LogP contribution < -0.4 is 27.4 Å². The first-order chi connectivity index (χ1) is 15.3. The van der Waals surface area contributed by atoms with Gasteiger partial charge < -0.3 is 32.5 Å². The lowest BCUT2D eigenvalue weighted by Gasteiger charge is -2.28. The number of aliphatic carboxylic acids is 1. The summed E-state index contributed by atoms with van der Waals surface area (Å²) < 4.78 is 0. The predicted molar refractivity (Wildman–Crippen MR) is 127 cm³/mol. The van der Waals surface area contributed by atoms with E-state index in [2.05, 4.69) is 16.0 Å². The number of carbonyl (C=O) groups excluding carboxylic acids is 4. The molecule has 0 saturated carbocycles. The molecule has 4 amide bonds. The maximum absolute atomic E-state index is 13.1. The molecule has 8 N–H and O–H groups in total. The van der Waals surface area contributed by atoms with Crippen molar-refractivity contribution in [3.05, 3.63) is 0 Å². The molecule has 33 heavy (non-hydrogen) atoms. The van der Waals surface area contributed by atoms with Gasteiger partial charge in [-0.15, -0.1) is 0 Å². The molecule has 5 atom stereocenters. The topological polar surface area (TPSA) is 194 Å². The SMILES string of the molecule is CCC(C)C(NC(=O)C(N)CCC(N)=O)C(=O)NC(CCSC)C(=O)NC(C(=O)O)C(C)C. The maximum Gasteiger partial charge on any atom is 0.326 e. The van der Waals surface area contributed by atoms with E-state index in [9.17, 15) is 29.1 Å². The Hall–Kier alpha value is -2.34. The number of rotatable bonds is 16. The first-order valence-corrected chi connectivity index (χ1v) is 12.4. The molecule has 0 aliphatic heterocycles. The molecular weight excluding hydrogens is 450 g/mol. The number of thioether (sulfide) groups is 1. The number of amides is 4. The summed E-state index contributed by atoms with van der Waals surface area (Å²) in [6, 6.07) is -4.06. The summed E-state index contributed by atoms with van der Waals surface area (Å²) in [6.07, 6.45) is 2.67. The van der Waals surface area contributed by atoms with Crippen molar-refractivity contribution >= 4 is 41.4 Å². The van der Waals surface area contributed by atoms with Crippen molar-refractivity contribution in [3.8, 4) is 0 Å². The Kier molecular flexibility index (Phi) is 14.4. The lowest BCUT2D eigenvalue weighted by atomic mass is 9.97. The van der Waals surface area contributed by atoms with Crippen LogP contribution in [0.1, 0.15) is 53.4 Å². The van der Waals surface area contributed by atoms with Gasteiger partial charge in [0.2, 0.25) is 23.6 Å². The van der Waals surface area contributed by atoms with Gasteiger partial charge >= 0.3 is 5.97 Å². The van der Waals surface area contributed by atoms with Crippen LogP contribution in [0.4, 0.5) is 0 Å². The smallest absolute Gasteiger partial charge is 0.326 e. The molecule has 190 valence electrons. The number of carbonyl (C=O) groups is 5. The van der Waals surface area contributed by atoms with E-state index >= 15 is 0 Å². The summed E-state index contributed by atoms with van der Waals surface area (Å²) >= 11 is 1.48. The van der Waals surface area contributed by atoms with Crippen LogP contribution in [0.5, 0.6) is 0 Å².